The van der Waals surface area contributed by atoms with Gasteiger partial charge in [-0.05, 0) is 41.4 Å². The summed E-state index contributed by atoms with van der Waals surface area (Å²) in [5.41, 5.74) is -1.10. The largest absolute Gasteiger partial charge is 0.480 e. The van der Waals surface area contributed by atoms with Crippen molar-refractivity contribution in [1.82, 2.24) is 10.3 Å². The van der Waals surface area contributed by atoms with E-state index >= 15 is 0 Å². The molecule has 0 radical (unpaired) electrons. The van der Waals surface area contributed by atoms with Gasteiger partial charge in [0.1, 0.15) is 15.8 Å². The van der Waals surface area contributed by atoms with Gasteiger partial charge in [0.25, 0.3) is 5.91 Å². The van der Waals surface area contributed by atoms with Crippen LogP contribution in [0.3, 0.4) is 0 Å². The monoisotopic (exact) mass is 300 g/mol. The lowest BCUT2D eigenvalue weighted by Crippen LogP contribution is -2.51. The molecule has 0 aliphatic rings. The summed E-state index contributed by atoms with van der Waals surface area (Å²) >= 11 is 3.15. The summed E-state index contributed by atoms with van der Waals surface area (Å²) in [6.45, 7) is 3.16. The predicted molar refractivity (Wildman–Crippen MR) is 65.7 cm³/mol. The van der Waals surface area contributed by atoms with Gasteiger partial charge in [0.2, 0.25) is 0 Å². The van der Waals surface area contributed by atoms with Gasteiger partial charge in [-0.3, -0.25) is 4.79 Å². The molecule has 1 unspecified atom stereocenters. The Morgan fingerprint density at radius 1 is 1.53 bits per heavy atom. The smallest absolute Gasteiger partial charge is 0.329 e. The van der Waals surface area contributed by atoms with Crippen molar-refractivity contribution in [3.8, 4) is 0 Å². The van der Waals surface area contributed by atoms with E-state index in [-0.39, 0.29) is 5.69 Å². The number of nitrogens with zero attached hydrogens (tertiary/aromatic N) is 1. The topological polar surface area (TPSA) is 79.3 Å². The van der Waals surface area contributed by atoms with Crippen LogP contribution in [0.4, 0.5) is 0 Å². The van der Waals surface area contributed by atoms with Crippen LogP contribution in [-0.4, -0.2) is 27.5 Å². The van der Waals surface area contributed by atoms with Crippen LogP contribution < -0.4 is 5.32 Å². The fourth-order valence-corrected chi connectivity index (χ4v) is 1.49. The van der Waals surface area contributed by atoms with Crippen molar-refractivity contribution < 1.29 is 14.7 Å². The minimum Gasteiger partial charge on any atom is -0.480 e. The molecule has 0 saturated carbocycles. The maximum absolute atomic E-state index is 11.8. The molecular formula is C11H13BrN2O3. The number of amides is 1. The Hall–Kier alpha value is -1.43. The lowest BCUT2D eigenvalue weighted by Gasteiger charge is -2.24. The van der Waals surface area contributed by atoms with E-state index in [0.29, 0.717) is 11.0 Å². The number of hydrogen-bond acceptors (Lipinski definition) is 3. The van der Waals surface area contributed by atoms with Crippen LogP contribution in [0.15, 0.2) is 22.8 Å². The van der Waals surface area contributed by atoms with Crippen molar-refractivity contribution in [1.29, 1.82) is 0 Å². The summed E-state index contributed by atoms with van der Waals surface area (Å²) in [7, 11) is 0. The molecule has 0 fully saturated rings. The molecule has 5 nitrogen and oxygen atoms in total. The maximum Gasteiger partial charge on any atom is 0.329 e. The summed E-state index contributed by atoms with van der Waals surface area (Å²) in [6, 6.07) is 4.88. The molecule has 92 valence electrons. The highest BCUT2D eigenvalue weighted by molar-refractivity contribution is 9.10. The van der Waals surface area contributed by atoms with Crippen molar-refractivity contribution in [2.45, 2.75) is 25.8 Å². The summed E-state index contributed by atoms with van der Waals surface area (Å²) in [4.78, 5) is 26.8. The summed E-state index contributed by atoms with van der Waals surface area (Å²) < 4.78 is 0.527. The van der Waals surface area contributed by atoms with Crippen LogP contribution in [0.1, 0.15) is 30.8 Å². The second-order valence-corrected chi connectivity index (χ2v) is 4.60. The molecule has 0 bridgehead atoms. The SMILES string of the molecule is CCC(C)(NC(=O)c1cccc(Br)n1)C(=O)O. The number of carbonyl (C=O) groups is 2. The Morgan fingerprint density at radius 2 is 2.18 bits per heavy atom. The molecule has 2 N–H and O–H groups in total. The molecule has 1 heterocycles. The number of carboxylic acid groups (broad SMARTS) is 1. The number of carboxylic acids is 1. The van der Waals surface area contributed by atoms with Crippen LogP contribution in [0.25, 0.3) is 0 Å². The lowest BCUT2D eigenvalue weighted by atomic mass is 9.99. The Morgan fingerprint density at radius 3 is 2.65 bits per heavy atom. The number of hydrogen-bond donors (Lipinski definition) is 2. The summed E-state index contributed by atoms with van der Waals surface area (Å²) in [5, 5.41) is 11.5. The molecule has 6 heteroatoms. The molecule has 0 aliphatic heterocycles. The lowest BCUT2D eigenvalue weighted by molar-refractivity contribution is -0.143. The number of carbonyl (C=O) groups excluding carboxylic acids is 1. The van der Waals surface area contributed by atoms with E-state index in [4.69, 9.17) is 5.11 Å². The van der Waals surface area contributed by atoms with Crippen LogP contribution >= 0.6 is 15.9 Å². The normalized spacial score (nSPS) is 13.8. The Kier molecular flexibility index (Phi) is 4.22. The van der Waals surface area contributed by atoms with Crippen molar-refractivity contribution >= 4 is 27.8 Å². The van der Waals surface area contributed by atoms with Crippen molar-refractivity contribution in [3.63, 3.8) is 0 Å². The van der Waals surface area contributed by atoms with E-state index in [1.54, 1.807) is 19.1 Å². The average Bonchev–Trinajstić information content (AvgIpc) is 2.28. The third kappa shape index (κ3) is 3.26. The van der Waals surface area contributed by atoms with Crippen LogP contribution in [0.2, 0.25) is 0 Å². The molecule has 0 saturated heterocycles. The summed E-state index contributed by atoms with van der Waals surface area (Å²) in [5.74, 6) is -1.57. The zero-order chi connectivity index (χ0) is 13.1. The number of rotatable bonds is 4. The second kappa shape index (κ2) is 5.27. The first-order valence-electron chi connectivity index (χ1n) is 5.07. The fraction of sp³-hybridized carbons (Fsp3) is 0.364. The van der Waals surface area contributed by atoms with Crippen LogP contribution in [0, 0.1) is 0 Å². The molecule has 0 aliphatic carbocycles. The standard InChI is InChI=1S/C11H13BrN2O3/c1-3-11(2,10(16)17)14-9(15)7-5-4-6-8(12)13-7/h4-6H,3H2,1-2H3,(H,14,15)(H,16,17). The van der Waals surface area contributed by atoms with Gasteiger partial charge in [0.05, 0.1) is 0 Å². The van der Waals surface area contributed by atoms with Gasteiger partial charge in [-0.25, -0.2) is 9.78 Å². The molecule has 1 rings (SSSR count). The molecule has 0 aromatic carbocycles. The Labute approximate surface area is 107 Å². The van der Waals surface area contributed by atoms with Gasteiger partial charge in [-0.1, -0.05) is 13.0 Å². The zero-order valence-electron chi connectivity index (χ0n) is 9.53. The quantitative estimate of drug-likeness (QED) is 0.832. The first-order chi connectivity index (χ1) is 7.89. The number of halogens is 1. The highest BCUT2D eigenvalue weighted by Crippen LogP contribution is 2.12. The number of nitrogens with one attached hydrogen (secondary N) is 1. The van der Waals surface area contributed by atoms with Crippen molar-refractivity contribution in [2.75, 3.05) is 0 Å². The molecule has 1 aromatic rings. The molecule has 1 aromatic heterocycles. The van der Waals surface area contributed by atoms with E-state index < -0.39 is 17.4 Å². The third-order valence-corrected chi connectivity index (χ3v) is 2.96. The zero-order valence-corrected chi connectivity index (χ0v) is 11.1. The molecular weight excluding hydrogens is 288 g/mol. The highest BCUT2D eigenvalue weighted by atomic mass is 79.9. The first kappa shape index (κ1) is 13.6. The third-order valence-electron chi connectivity index (χ3n) is 2.52. The van der Waals surface area contributed by atoms with Crippen LogP contribution in [-0.2, 0) is 4.79 Å². The van der Waals surface area contributed by atoms with Crippen molar-refractivity contribution in [3.05, 3.63) is 28.5 Å². The van der Waals surface area contributed by atoms with E-state index in [2.05, 4.69) is 26.2 Å². The number of aliphatic carboxylic acids is 1. The number of aromatic nitrogens is 1. The fourth-order valence-electron chi connectivity index (χ4n) is 1.14. The van der Waals surface area contributed by atoms with E-state index in [1.807, 2.05) is 0 Å². The molecule has 0 spiro atoms. The average molecular weight is 301 g/mol. The second-order valence-electron chi connectivity index (χ2n) is 3.79. The highest BCUT2D eigenvalue weighted by Gasteiger charge is 2.33. The van der Waals surface area contributed by atoms with Gasteiger partial charge in [-0.15, -0.1) is 0 Å². The summed E-state index contributed by atoms with van der Waals surface area (Å²) in [6.07, 6.45) is 0.294. The minimum atomic E-state index is -1.28. The molecule has 1 atom stereocenters. The first-order valence-corrected chi connectivity index (χ1v) is 5.87. The molecule has 1 amide bonds. The van der Waals surface area contributed by atoms with Gasteiger partial charge in [0.15, 0.2) is 0 Å². The predicted octanol–water partition coefficient (Wildman–Crippen LogP) is 1.83. The van der Waals surface area contributed by atoms with E-state index in [1.165, 1.54) is 13.0 Å². The Balaban J connectivity index is 2.89. The molecule has 17 heavy (non-hydrogen) atoms. The van der Waals surface area contributed by atoms with Gasteiger partial charge in [-0.2, -0.15) is 0 Å². The van der Waals surface area contributed by atoms with Gasteiger partial charge < -0.3 is 10.4 Å². The van der Waals surface area contributed by atoms with Gasteiger partial charge >= 0.3 is 5.97 Å². The van der Waals surface area contributed by atoms with Gasteiger partial charge in [0, 0.05) is 0 Å². The Bertz CT molecular complexity index is 450. The minimum absolute atomic E-state index is 0.181. The number of pyridine rings is 1. The van der Waals surface area contributed by atoms with E-state index in [0.717, 1.165) is 0 Å². The maximum atomic E-state index is 11.8. The van der Waals surface area contributed by atoms with E-state index in [9.17, 15) is 9.59 Å². The van der Waals surface area contributed by atoms with Crippen LogP contribution in [0.5, 0.6) is 0 Å². The van der Waals surface area contributed by atoms with Crippen molar-refractivity contribution in [2.24, 2.45) is 0 Å².